The number of ether oxygens (including phenoxy) is 1. The Morgan fingerprint density at radius 2 is 2.07 bits per heavy atom. The smallest absolute Gasteiger partial charge is 0.224 e. The number of anilines is 1. The Bertz CT molecular complexity index is 1020. The van der Waals surface area contributed by atoms with Gasteiger partial charge < -0.3 is 10.1 Å². The molecule has 29 heavy (non-hydrogen) atoms. The Kier molecular flexibility index (Phi) is 5.32. The highest BCUT2D eigenvalue weighted by Gasteiger charge is 2.19. The predicted molar refractivity (Wildman–Crippen MR) is 112 cm³/mol. The number of nitrogens with zero attached hydrogens (tertiary/aromatic N) is 4. The summed E-state index contributed by atoms with van der Waals surface area (Å²) in [4.78, 5) is 21.1. The number of hydrogen-bond donors (Lipinski definition) is 1. The standard InChI is InChI=1S/C22H27N5O2/c1-22(2,3)10-20(28)26-17-8-15(11-23-13-17)18-9-16-12-25-27(19(16)14-24-18)21-6-4-5-7-29-21/h8-9,11-14,21H,4-7,10H2,1-3H3,(H,26,28)/t21-/m0/s1. The lowest BCUT2D eigenvalue weighted by Gasteiger charge is -2.23. The van der Waals surface area contributed by atoms with Gasteiger partial charge in [-0.2, -0.15) is 5.10 Å². The van der Waals surface area contributed by atoms with Crippen LogP contribution in [0.4, 0.5) is 5.69 Å². The topological polar surface area (TPSA) is 81.9 Å². The van der Waals surface area contributed by atoms with Gasteiger partial charge in [-0.3, -0.25) is 14.8 Å². The van der Waals surface area contributed by atoms with Gasteiger partial charge in [0.15, 0.2) is 6.23 Å². The summed E-state index contributed by atoms with van der Waals surface area (Å²) in [7, 11) is 0. The first-order valence-corrected chi connectivity index (χ1v) is 10.1. The van der Waals surface area contributed by atoms with E-state index in [1.807, 2.05) is 50.0 Å². The number of rotatable bonds is 4. The molecule has 0 saturated carbocycles. The number of nitrogens with one attached hydrogen (secondary N) is 1. The van der Waals surface area contributed by atoms with E-state index in [1.54, 1.807) is 12.4 Å². The molecule has 3 aromatic heterocycles. The second kappa shape index (κ2) is 7.91. The van der Waals surface area contributed by atoms with Crippen LogP contribution in [0.5, 0.6) is 0 Å². The van der Waals surface area contributed by atoms with Crippen LogP contribution in [0.2, 0.25) is 0 Å². The van der Waals surface area contributed by atoms with E-state index in [4.69, 9.17) is 4.74 Å². The summed E-state index contributed by atoms with van der Waals surface area (Å²) in [5, 5.41) is 8.46. The summed E-state index contributed by atoms with van der Waals surface area (Å²) < 4.78 is 7.78. The van der Waals surface area contributed by atoms with E-state index in [-0.39, 0.29) is 17.6 Å². The largest absolute Gasteiger partial charge is 0.356 e. The minimum Gasteiger partial charge on any atom is -0.356 e. The highest BCUT2D eigenvalue weighted by molar-refractivity contribution is 5.91. The lowest BCUT2D eigenvalue weighted by Crippen LogP contribution is -2.19. The van der Waals surface area contributed by atoms with Crippen LogP contribution in [0.3, 0.4) is 0 Å². The van der Waals surface area contributed by atoms with Crippen molar-refractivity contribution in [3.05, 3.63) is 36.9 Å². The van der Waals surface area contributed by atoms with Crippen LogP contribution < -0.4 is 5.32 Å². The predicted octanol–water partition coefficient (Wildman–Crippen LogP) is 4.57. The minimum absolute atomic E-state index is 0.0167. The van der Waals surface area contributed by atoms with Crippen molar-refractivity contribution in [2.24, 2.45) is 5.41 Å². The third-order valence-electron chi connectivity index (χ3n) is 4.92. The fourth-order valence-electron chi connectivity index (χ4n) is 3.58. The van der Waals surface area contributed by atoms with Crippen molar-refractivity contribution >= 4 is 22.5 Å². The van der Waals surface area contributed by atoms with Gasteiger partial charge in [-0.1, -0.05) is 20.8 Å². The molecule has 1 saturated heterocycles. The molecule has 1 aliphatic rings. The van der Waals surface area contributed by atoms with E-state index in [0.717, 1.165) is 48.0 Å². The van der Waals surface area contributed by atoms with Crippen LogP contribution in [-0.2, 0) is 9.53 Å². The summed E-state index contributed by atoms with van der Waals surface area (Å²) >= 11 is 0. The number of pyridine rings is 2. The molecular formula is C22H27N5O2. The summed E-state index contributed by atoms with van der Waals surface area (Å²) in [5.74, 6) is -0.0198. The summed E-state index contributed by atoms with van der Waals surface area (Å²) in [5.41, 5.74) is 3.21. The number of hydrogen-bond acceptors (Lipinski definition) is 5. The van der Waals surface area contributed by atoms with Crippen molar-refractivity contribution in [1.29, 1.82) is 0 Å². The molecule has 1 amide bonds. The van der Waals surface area contributed by atoms with E-state index in [9.17, 15) is 4.79 Å². The second-order valence-electron chi connectivity index (χ2n) is 8.79. The number of fused-ring (bicyclic) bond motifs is 1. The minimum atomic E-state index is -0.0656. The Labute approximate surface area is 170 Å². The monoisotopic (exact) mass is 393 g/mol. The lowest BCUT2D eigenvalue weighted by atomic mass is 9.92. The van der Waals surface area contributed by atoms with Gasteiger partial charge in [0.05, 0.1) is 35.5 Å². The third-order valence-corrected chi connectivity index (χ3v) is 4.92. The van der Waals surface area contributed by atoms with Gasteiger partial charge in [-0.25, -0.2) is 4.68 Å². The summed E-state index contributed by atoms with van der Waals surface area (Å²) in [6, 6.07) is 3.90. The van der Waals surface area contributed by atoms with Crippen molar-refractivity contribution in [2.75, 3.05) is 11.9 Å². The fourth-order valence-corrected chi connectivity index (χ4v) is 3.58. The van der Waals surface area contributed by atoms with Crippen LogP contribution in [0.25, 0.3) is 22.2 Å². The molecule has 4 rings (SSSR count). The molecule has 3 aromatic rings. The molecule has 0 bridgehead atoms. The molecule has 0 unspecified atom stereocenters. The van der Waals surface area contributed by atoms with E-state index >= 15 is 0 Å². The molecule has 1 aliphatic heterocycles. The number of amides is 1. The van der Waals surface area contributed by atoms with Crippen molar-refractivity contribution < 1.29 is 9.53 Å². The molecule has 7 nitrogen and oxygen atoms in total. The van der Waals surface area contributed by atoms with E-state index in [1.165, 1.54) is 0 Å². The first-order chi connectivity index (χ1) is 13.9. The van der Waals surface area contributed by atoms with Gasteiger partial charge in [-0.05, 0) is 36.8 Å². The average molecular weight is 393 g/mol. The fraction of sp³-hybridized carbons (Fsp3) is 0.455. The van der Waals surface area contributed by atoms with E-state index < -0.39 is 0 Å². The van der Waals surface area contributed by atoms with Crippen LogP contribution in [0.15, 0.2) is 36.9 Å². The quantitative estimate of drug-likeness (QED) is 0.702. The number of carbonyl (C=O) groups is 1. The van der Waals surface area contributed by atoms with Crippen LogP contribution in [0, 0.1) is 5.41 Å². The van der Waals surface area contributed by atoms with Crippen molar-refractivity contribution in [3.8, 4) is 11.3 Å². The molecule has 1 fully saturated rings. The van der Waals surface area contributed by atoms with Gasteiger partial charge in [-0.15, -0.1) is 0 Å². The Morgan fingerprint density at radius 1 is 1.21 bits per heavy atom. The molecular weight excluding hydrogens is 366 g/mol. The first-order valence-electron chi connectivity index (χ1n) is 10.1. The van der Waals surface area contributed by atoms with Gasteiger partial charge in [0.25, 0.3) is 0 Å². The molecule has 1 N–H and O–H groups in total. The molecule has 7 heteroatoms. The zero-order valence-corrected chi connectivity index (χ0v) is 17.2. The maximum Gasteiger partial charge on any atom is 0.224 e. The first kappa shape index (κ1) is 19.5. The summed E-state index contributed by atoms with van der Waals surface area (Å²) in [6.45, 7) is 6.90. The molecule has 0 aliphatic carbocycles. The lowest BCUT2D eigenvalue weighted by molar-refractivity contribution is -0.117. The van der Waals surface area contributed by atoms with E-state index in [0.29, 0.717) is 12.1 Å². The van der Waals surface area contributed by atoms with Gasteiger partial charge in [0, 0.05) is 30.2 Å². The van der Waals surface area contributed by atoms with Crippen molar-refractivity contribution in [1.82, 2.24) is 19.7 Å². The van der Waals surface area contributed by atoms with Crippen molar-refractivity contribution in [2.45, 2.75) is 52.7 Å². The SMILES string of the molecule is CC(C)(C)CC(=O)Nc1cncc(-c2cc3cnn([C@@H]4CCCCO4)c3cn2)c1. The Hall–Kier alpha value is -2.80. The van der Waals surface area contributed by atoms with Gasteiger partial charge >= 0.3 is 0 Å². The molecule has 1 atom stereocenters. The van der Waals surface area contributed by atoms with Crippen LogP contribution >= 0.6 is 0 Å². The Morgan fingerprint density at radius 3 is 2.83 bits per heavy atom. The maximum atomic E-state index is 12.2. The van der Waals surface area contributed by atoms with Gasteiger partial charge in [0.1, 0.15) is 0 Å². The zero-order chi connectivity index (χ0) is 20.4. The zero-order valence-electron chi connectivity index (χ0n) is 17.2. The highest BCUT2D eigenvalue weighted by atomic mass is 16.5. The maximum absolute atomic E-state index is 12.2. The average Bonchev–Trinajstić information content (AvgIpc) is 3.10. The number of carbonyl (C=O) groups excluding carboxylic acids is 1. The molecule has 0 aromatic carbocycles. The highest BCUT2D eigenvalue weighted by Crippen LogP contribution is 2.28. The molecule has 0 radical (unpaired) electrons. The van der Waals surface area contributed by atoms with Crippen LogP contribution in [-0.4, -0.2) is 32.3 Å². The Balaban J connectivity index is 1.56. The van der Waals surface area contributed by atoms with Crippen molar-refractivity contribution in [3.63, 3.8) is 0 Å². The molecule has 152 valence electrons. The van der Waals surface area contributed by atoms with Gasteiger partial charge in [0.2, 0.25) is 5.91 Å². The van der Waals surface area contributed by atoms with E-state index in [2.05, 4.69) is 20.4 Å². The molecule has 0 spiro atoms. The normalized spacial score (nSPS) is 17.4. The van der Waals surface area contributed by atoms with Crippen LogP contribution in [0.1, 0.15) is 52.7 Å². The second-order valence-corrected chi connectivity index (χ2v) is 8.79. The molecule has 4 heterocycles. The third kappa shape index (κ3) is 4.62. The number of aromatic nitrogens is 4. The summed E-state index contributed by atoms with van der Waals surface area (Å²) in [6.07, 6.45) is 10.7.